The molecule has 0 bridgehead atoms. The average Bonchev–Trinajstić information content (AvgIpc) is 3.13. The number of thiazole rings is 1. The van der Waals surface area contributed by atoms with Crippen LogP contribution in [0.15, 0.2) is 53.9 Å². The van der Waals surface area contributed by atoms with Crippen LogP contribution in [0.25, 0.3) is 17.3 Å². The fraction of sp³-hybridized carbons (Fsp3) is 0.143. The van der Waals surface area contributed by atoms with Crippen molar-refractivity contribution >= 4 is 51.7 Å². The van der Waals surface area contributed by atoms with Gasteiger partial charge in [0.05, 0.1) is 17.3 Å². The normalized spacial score (nSPS) is 11.0. The molecule has 2 aromatic carbocycles. The molecule has 0 aliphatic rings. The van der Waals surface area contributed by atoms with Crippen molar-refractivity contribution in [3.05, 3.63) is 69.5 Å². The molecule has 0 radical (unpaired) electrons. The summed E-state index contributed by atoms with van der Waals surface area (Å²) >= 11 is 13.5. The van der Waals surface area contributed by atoms with Crippen molar-refractivity contribution in [1.29, 1.82) is 0 Å². The van der Waals surface area contributed by atoms with Crippen molar-refractivity contribution in [3.63, 3.8) is 0 Å². The van der Waals surface area contributed by atoms with Gasteiger partial charge >= 0.3 is 0 Å². The van der Waals surface area contributed by atoms with Crippen molar-refractivity contribution in [2.45, 2.75) is 13.3 Å². The van der Waals surface area contributed by atoms with Gasteiger partial charge in [-0.2, -0.15) is 0 Å². The van der Waals surface area contributed by atoms with Gasteiger partial charge in [-0.3, -0.25) is 10.1 Å². The lowest BCUT2D eigenvalue weighted by Crippen LogP contribution is -2.07. The van der Waals surface area contributed by atoms with Crippen molar-refractivity contribution < 1.29 is 9.53 Å². The van der Waals surface area contributed by atoms with Gasteiger partial charge in [-0.05, 0) is 36.8 Å². The number of halogens is 2. The standard InChI is InChI=1S/C21H18Cl2N2O2S/c1-2-11-27-19-6-4-3-5-14(19)7-10-20(26)25-21-24-18(13-28-21)16-9-8-15(22)12-17(16)23/h3-10,12-13H,2,11H2,1H3,(H,24,25,26). The Kier molecular flexibility index (Phi) is 7.09. The number of amides is 1. The van der Waals surface area contributed by atoms with Gasteiger partial charge in [0.15, 0.2) is 5.13 Å². The van der Waals surface area contributed by atoms with Gasteiger partial charge in [0.25, 0.3) is 0 Å². The Labute approximate surface area is 177 Å². The van der Waals surface area contributed by atoms with Crippen LogP contribution >= 0.6 is 34.5 Å². The Morgan fingerprint density at radius 2 is 2.07 bits per heavy atom. The third kappa shape index (κ3) is 5.35. The molecule has 0 aliphatic carbocycles. The molecule has 0 fully saturated rings. The Hall–Kier alpha value is -2.34. The van der Waals surface area contributed by atoms with Gasteiger partial charge in [0, 0.05) is 27.6 Å². The van der Waals surface area contributed by atoms with E-state index in [1.165, 1.54) is 17.4 Å². The molecule has 3 aromatic rings. The van der Waals surface area contributed by atoms with Crippen molar-refractivity contribution in [1.82, 2.24) is 4.98 Å². The molecule has 4 nitrogen and oxygen atoms in total. The minimum Gasteiger partial charge on any atom is -0.493 e. The van der Waals surface area contributed by atoms with E-state index in [2.05, 4.69) is 10.3 Å². The number of nitrogens with one attached hydrogen (secondary N) is 1. The Bertz CT molecular complexity index is 1000. The van der Waals surface area contributed by atoms with E-state index in [-0.39, 0.29) is 5.91 Å². The molecule has 1 aromatic heterocycles. The molecule has 7 heteroatoms. The lowest BCUT2D eigenvalue weighted by atomic mass is 10.2. The zero-order valence-corrected chi connectivity index (χ0v) is 17.4. The molecule has 0 spiro atoms. The maximum Gasteiger partial charge on any atom is 0.250 e. The van der Waals surface area contributed by atoms with Gasteiger partial charge in [0.1, 0.15) is 5.75 Å². The fourth-order valence-electron chi connectivity index (χ4n) is 2.43. The summed E-state index contributed by atoms with van der Waals surface area (Å²) in [6.07, 6.45) is 4.11. The average molecular weight is 433 g/mol. The minimum atomic E-state index is -0.270. The highest BCUT2D eigenvalue weighted by atomic mass is 35.5. The Balaban J connectivity index is 1.68. The number of para-hydroxylation sites is 1. The number of carbonyl (C=O) groups excluding carboxylic acids is 1. The maximum atomic E-state index is 12.3. The second-order valence-electron chi connectivity index (χ2n) is 5.87. The molecule has 0 unspecified atom stereocenters. The fourth-order valence-corrected chi connectivity index (χ4v) is 3.65. The molecule has 1 amide bonds. The summed E-state index contributed by atoms with van der Waals surface area (Å²) in [5.74, 6) is 0.482. The van der Waals surface area contributed by atoms with Gasteiger partial charge < -0.3 is 4.74 Å². The Morgan fingerprint density at radius 3 is 2.86 bits per heavy atom. The highest BCUT2D eigenvalue weighted by Gasteiger charge is 2.10. The lowest BCUT2D eigenvalue weighted by Gasteiger charge is -2.07. The molecule has 0 saturated heterocycles. The highest BCUT2D eigenvalue weighted by Crippen LogP contribution is 2.32. The summed E-state index contributed by atoms with van der Waals surface area (Å²) in [6.45, 7) is 2.68. The van der Waals surface area contributed by atoms with Gasteiger partial charge in [-0.15, -0.1) is 11.3 Å². The van der Waals surface area contributed by atoms with E-state index in [4.69, 9.17) is 27.9 Å². The molecule has 0 saturated carbocycles. The second-order valence-corrected chi connectivity index (χ2v) is 7.57. The van der Waals surface area contributed by atoms with E-state index in [0.717, 1.165) is 23.3 Å². The summed E-state index contributed by atoms with van der Waals surface area (Å²) < 4.78 is 5.69. The van der Waals surface area contributed by atoms with Gasteiger partial charge in [-0.25, -0.2) is 4.98 Å². The molecular formula is C21H18Cl2N2O2S. The largest absolute Gasteiger partial charge is 0.493 e. The molecule has 0 aliphatic heterocycles. The molecule has 28 heavy (non-hydrogen) atoms. The number of nitrogens with zero attached hydrogens (tertiary/aromatic N) is 1. The summed E-state index contributed by atoms with van der Waals surface area (Å²) in [4.78, 5) is 16.7. The van der Waals surface area contributed by atoms with Crippen LogP contribution in [0, 0.1) is 0 Å². The van der Waals surface area contributed by atoms with Crippen LogP contribution < -0.4 is 10.1 Å². The highest BCUT2D eigenvalue weighted by molar-refractivity contribution is 7.14. The number of carbonyl (C=O) groups is 1. The number of aromatic nitrogens is 1. The van der Waals surface area contributed by atoms with Crippen LogP contribution in [0.4, 0.5) is 5.13 Å². The zero-order chi connectivity index (χ0) is 19.9. The SMILES string of the molecule is CCCOc1ccccc1C=CC(=O)Nc1nc(-c2ccc(Cl)cc2Cl)cs1. The number of ether oxygens (including phenoxy) is 1. The van der Waals surface area contributed by atoms with Crippen molar-refractivity contribution in [3.8, 4) is 17.0 Å². The zero-order valence-electron chi connectivity index (χ0n) is 15.1. The van der Waals surface area contributed by atoms with E-state index >= 15 is 0 Å². The smallest absolute Gasteiger partial charge is 0.250 e. The third-order valence-corrected chi connectivity index (χ3v) is 5.04. The summed E-state index contributed by atoms with van der Waals surface area (Å²) in [7, 11) is 0. The summed E-state index contributed by atoms with van der Waals surface area (Å²) in [5.41, 5.74) is 2.29. The molecule has 144 valence electrons. The maximum absolute atomic E-state index is 12.3. The minimum absolute atomic E-state index is 0.270. The van der Waals surface area contributed by atoms with E-state index < -0.39 is 0 Å². The van der Waals surface area contributed by atoms with E-state index in [0.29, 0.717) is 27.5 Å². The van der Waals surface area contributed by atoms with E-state index in [1.807, 2.05) is 36.6 Å². The van der Waals surface area contributed by atoms with Crippen molar-refractivity contribution in [2.24, 2.45) is 0 Å². The molecule has 1 heterocycles. The molecule has 0 atom stereocenters. The summed E-state index contributed by atoms with van der Waals surface area (Å²) in [6, 6.07) is 12.8. The van der Waals surface area contributed by atoms with Crippen LogP contribution in [-0.4, -0.2) is 17.5 Å². The van der Waals surface area contributed by atoms with Crippen LogP contribution in [-0.2, 0) is 4.79 Å². The number of hydrogen-bond acceptors (Lipinski definition) is 4. The number of rotatable bonds is 7. The first-order valence-corrected chi connectivity index (χ1v) is 10.3. The predicted molar refractivity (Wildman–Crippen MR) is 117 cm³/mol. The predicted octanol–water partition coefficient (Wildman–Crippen LogP) is 6.56. The van der Waals surface area contributed by atoms with Crippen LogP contribution in [0.2, 0.25) is 10.0 Å². The van der Waals surface area contributed by atoms with Crippen LogP contribution in [0.1, 0.15) is 18.9 Å². The van der Waals surface area contributed by atoms with Gasteiger partial charge in [-0.1, -0.05) is 48.3 Å². The number of anilines is 1. The summed E-state index contributed by atoms with van der Waals surface area (Å²) in [5, 5.41) is 6.17. The van der Waals surface area contributed by atoms with Crippen molar-refractivity contribution in [2.75, 3.05) is 11.9 Å². The van der Waals surface area contributed by atoms with E-state index in [1.54, 1.807) is 24.3 Å². The quantitative estimate of drug-likeness (QED) is 0.430. The van der Waals surface area contributed by atoms with Crippen LogP contribution in [0.5, 0.6) is 5.75 Å². The number of benzene rings is 2. The topological polar surface area (TPSA) is 51.2 Å². The lowest BCUT2D eigenvalue weighted by molar-refractivity contribution is -0.111. The second kappa shape index (κ2) is 9.73. The van der Waals surface area contributed by atoms with E-state index in [9.17, 15) is 4.79 Å². The monoisotopic (exact) mass is 432 g/mol. The van der Waals surface area contributed by atoms with Gasteiger partial charge in [0.2, 0.25) is 5.91 Å². The molecular weight excluding hydrogens is 415 g/mol. The first-order valence-electron chi connectivity index (χ1n) is 8.68. The first kappa shape index (κ1) is 20.4. The molecule has 1 N–H and O–H groups in total. The van der Waals surface area contributed by atoms with Crippen LogP contribution in [0.3, 0.4) is 0 Å². The molecule has 3 rings (SSSR count). The third-order valence-electron chi connectivity index (χ3n) is 3.74. The Morgan fingerprint density at radius 1 is 1.25 bits per heavy atom. The first-order chi connectivity index (χ1) is 13.6. The number of hydrogen-bond donors (Lipinski definition) is 1.